The number of hydrogen-bond acceptors (Lipinski definition) is 17. The lowest BCUT2D eigenvalue weighted by Crippen LogP contribution is -2.60. The summed E-state index contributed by atoms with van der Waals surface area (Å²) in [7, 11) is 0. The predicted molar refractivity (Wildman–Crippen MR) is 263 cm³/mol. The van der Waals surface area contributed by atoms with E-state index in [9.17, 15) is 48.3 Å². The zero-order valence-electron chi connectivity index (χ0n) is 40.7. The summed E-state index contributed by atoms with van der Waals surface area (Å²) < 4.78 is 0. The van der Waals surface area contributed by atoms with Gasteiger partial charge in [-0.15, -0.1) is 0 Å². The number of primary amides is 1. The fourth-order valence-corrected chi connectivity index (χ4v) is 7.16. The standard InChI is InChI=1S/C43H75N19O10/c1-24(56-41(71)34(32(63)20-47)61-37(67)26(48)9-2-4-14-44)36(66)54-22-33(64)57-29(11-6-16-46)42(72)62-18-8-13-31(62)40(70)60-30(19-25-21-52-23-55-25)39(69)59-28(10-3-5-15-45)38(68)58-27(35(49)65)12-7-17-53-43(50)51/h12,21,23-24,26,28,30-32,34,63H,2-11,13-20,22,44-48H2,1H3,(H2,49,65)(H,52,55)(H,54,66)(H,56,71)(H,58,68)(H,59,69)(H,60,70)(H,61,67)(H4,50,51,53)/b27-12-,57-29+/t24-,26-,28-,30-,31-,32-,34-/m0/s1. The van der Waals surface area contributed by atoms with Crippen LogP contribution in [0.3, 0.4) is 0 Å². The lowest BCUT2D eigenvalue weighted by atomic mass is 10.1. The molecule has 24 N–H and O–H groups in total. The largest absolute Gasteiger partial charge is 0.389 e. The van der Waals surface area contributed by atoms with Crippen molar-refractivity contribution in [2.75, 3.05) is 45.8 Å². The van der Waals surface area contributed by atoms with Gasteiger partial charge in [-0.2, -0.15) is 0 Å². The summed E-state index contributed by atoms with van der Waals surface area (Å²) in [6.07, 6.45) is 5.66. The lowest BCUT2D eigenvalue weighted by Gasteiger charge is -2.27. The maximum absolute atomic E-state index is 14.1. The number of carbonyl (C=O) groups is 9. The Labute approximate surface area is 417 Å². The number of hydrogen-bond donors (Lipinski definition) is 17. The number of rotatable bonds is 33. The van der Waals surface area contributed by atoms with Crippen molar-refractivity contribution in [3.05, 3.63) is 30.0 Å². The Kier molecular flexibility index (Phi) is 27.9. The van der Waals surface area contributed by atoms with Gasteiger partial charge < -0.3 is 92.3 Å². The molecule has 72 heavy (non-hydrogen) atoms. The first kappa shape index (κ1) is 61.2. The molecule has 29 nitrogen and oxygen atoms in total. The van der Waals surface area contributed by atoms with Gasteiger partial charge in [-0.1, -0.05) is 12.5 Å². The van der Waals surface area contributed by atoms with Crippen LogP contribution in [0.25, 0.3) is 0 Å². The fraction of sp³-hybridized carbons (Fsp3) is 0.628. The quantitative estimate of drug-likeness (QED) is 0.0135. The summed E-state index contributed by atoms with van der Waals surface area (Å²) in [6.45, 7) is 1.16. The maximum atomic E-state index is 14.1. The third-order valence-corrected chi connectivity index (χ3v) is 11.1. The van der Waals surface area contributed by atoms with Crippen molar-refractivity contribution >= 4 is 64.8 Å². The van der Waals surface area contributed by atoms with E-state index in [-0.39, 0.29) is 88.5 Å². The van der Waals surface area contributed by atoms with Crippen molar-refractivity contribution in [1.82, 2.24) is 52.1 Å². The van der Waals surface area contributed by atoms with E-state index in [2.05, 4.69) is 52.2 Å². The Morgan fingerprint density at radius 1 is 0.861 bits per heavy atom. The summed E-state index contributed by atoms with van der Waals surface area (Å²) in [5.74, 6) is -7.85. The highest BCUT2D eigenvalue weighted by molar-refractivity contribution is 6.40. The second kappa shape index (κ2) is 32.9. The third kappa shape index (κ3) is 21.6. The highest BCUT2D eigenvalue weighted by Crippen LogP contribution is 2.20. The zero-order valence-corrected chi connectivity index (χ0v) is 40.7. The fourth-order valence-electron chi connectivity index (χ4n) is 7.16. The molecule has 2 rings (SSSR count). The molecule has 9 amide bonds. The van der Waals surface area contributed by atoms with E-state index < -0.39 is 109 Å². The van der Waals surface area contributed by atoms with E-state index in [0.717, 1.165) is 0 Å². The van der Waals surface area contributed by atoms with Crippen LogP contribution >= 0.6 is 0 Å². The number of nitrogens with one attached hydrogen (secondary N) is 9. The molecule has 1 saturated heterocycles. The number of imidazole rings is 1. The number of unbranched alkanes of at least 4 members (excludes halogenated alkanes) is 2. The van der Waals surface area contributed by atoms with Crippen molar-refractivity contribution in [1.29, 1.82) is 5.41 Å². The highest BCUT2D eigenvalue weighted by Gasteiger charge is 2.38. The number of nitrogens with zero attached hydrogens (tertiary/aromatic N) is 3. The first-order valence-electron chi connectivity index (χ1n) is 23.8. The van der Waals surface area contributed by atoms with Gasteiger partial charge in [-0.25, -0.2) is 9.98 Å². The first-order chi connectivity index (χ1) is 34.3. The maximum Gasteiger partial charge on any atom is 0.269 e. The van der Waals surface area contributed by atoms with Crippen LogP contribution in [0.5, 0.6) is 0 Å². The summed E-state index contributed by atoms with van der Waals surface area (Å²) in [5.41, 5.74) is 39.1. The van der Waals surface area contributed by atoms with E-state index in [4.69, 9.17) is 45.5 Å². The molecule has 0 spiro atoms. The number of H-pyrrole nitrogens is 1. The van der Waals surface area contributed by atoms with Crippen LogP contribution in [0, 0.1) is 5.41 Å². The molecule has 0 radical (unpaired) electrons. The summed E-state index contributed by atoms with van der Waals surface area (Å²) >= 11 is 0. The lowest BCUT2D eigenvalue weighted by molar-refractivity contribution is -0.136. The zero-order chi connectivity index (χ0) is 53.8. The molecule has 0 aliphatic carbocycles. The minimum atomic E-state index is -1.57. The van der Waals surface area contributed by atoms with Gasteiger partial charge in [-0.3, -0.25) is 48.6 Å². The molecule has 0 unspecified atom stereocenters. The van der Waals surface area contributed by atoms with Crippen LogP contribution in [0.4, 0.5) is 0 Å². The molecule has 1 aliphatic rings. The molecule has 0 bridgehead atoms. The number of likely N-dealkylation sites (tertiary alicyclic amines) is 1. The molecule has 402 valence electrons. The smallest absolute Gasteiger partial charge is 0.269 e. The highest BCUT2D eigenvalue weighted by atomic mass is 16.3. The van der Waals surface area contributed by atoms with E-state index in [1.54, 1.807) is 0 Å². The predicted octanol–water partition coefficient (Wildman–Crippen LogP) is -7.01. The van der Waals surface area contributed by atoms with Gasteiger partial charge in [-0.05, 0) is 90.8 Å². The molecule has 29 heteroatoms. The van der Waals surface area contributed by atoms with Gasteiger partial charge in [0.05, 0.1) is 25.0 Å². The Balaban J connectivity index is 2.24. The Morgan fingerprint density at radius 3 is 2.15 bits per heavy atom. The molecule has 1 aromatic heterocycles. The minimum absolute atomic E-state index is 0.0720. The van der Waals surface area contributed by atoms with Crippen molar-refractivity contribution in [3.8, 4) is 0 Å². The normalized spacial score (nSPS) is 16.2. The Hall–Kier alpha value is -6.92. The van der Waals surface area contributed by atoms with E-state index in [1.165, 1.54) is 30.4 Å². The molecule has 1 aromatic rings. The average molecular weight is 1020 g/mol. The third-order valence-electron chi connectivity index (χ3n) is 11.1. The monoisotopic (exact) mass is 1020 g/mol. The number of aromatic amines is 1. The SMILES string of the molecule is C[C@H](NC(=O)[C@@H](NC(=O)[C@@H](N)CCCCN)[C@@H](O)CN)C(=O)NCC(=O)/N=C(\CCCN)C(=O)N1CCC[C@H]1C(=O)N[C@@H](Cc1cnc[nH]1)C(=O)N[C@@H](CCCCN)C(=O)N/C(=C\CCNC(=N)N)C(N)=O. The number of nitrogens with two attached hydrogens (primary N) is 7. The van der Waals surface area contributed by atoms with Gasteiger partial charge >= 0.3 is 0 Å². The number of aromatic nitrogens is 2. The van der Waals surface area contributed by atoms with Crippen molar-refractivity contribution in [2.24, 2.45) is 45.1 Å². The van der Waals surface area contributed by atoms with Crippen molar-refractivity contribution < 1.29 is 48.3 Å². The second-order valence-electron chi connectivity index (χ2n) is 16.9. The topological polar surface area (TPSA) is 508 Å². The minimum Gasteiger partial charge on any atom is -0.389 e. The first-order valence-corrected chi connectivity index (χ1v) is 23.8. The molecule has 0 aromatic carbocycles. The summed E-state index contributed by atoms with van der Waals surface area (Å²) in [4.78, 5) is 132. The molecule has 0 saturated carbocycles. The molecule has 7 atom stereocenters. The molecule has 2 heterocycles. The van der Waals surface area contributed by atoms with Gasteiger partial charge in [0.25, 0.3) is 17.7 Å². The van der Waals surface area contributed by atoms with Crippen molar-refractivity contribution in [3.63, 3.8) is 0 Å². The number of aliphatic hydroxyl groups excluding tert-OH is 1. The Morgan fingerprint density at radius 2 is 1.54 bits per heavy atom. The van der Waals surface area contributed by atoms with Crippen LogP contribution < -0.4 is 77.4 Å². The average Bonchev–Trinajstić information content (AvgIpc) is 4.06. The summed E-state index contributed by atoms with van der Waals surface area (Å²) in [6, 6.07) is -7.59. The van der Waals surface area contributed by atoms with E-state index >= 15 is 0 Å². The number of guanidine groups is 1. The number of amides is 9. The van der Waals surface area contributed by atoms with E-state index in [0.29, 0.717) is 44.3 Å². The van der Waals surface area contributed by atoms with Crippen LogP contribution in [-0.2, 0) is 49.6 Å². The van der Waals surface area contributed by atoms with Crippen LogP contribution in [-0.4, -0.2) is 173 Å². The van der Waals surface area contributed by atoms with Gasteiger partial charge in [0.1, 0.15) is 41.6 Å². The van der Waals surface area contributed by atoms with Crippen LogP contribution in [0.15, 0.2) is 29.3 Å². The Bertz CT molecular complexity index is 2050. The number of aliphatic hydroxyl groups is 1. The number of aliphatic imine (C=N–C) groups is 1. The van der Waals surface area contributed by atoms with Crippen LogP contribution in [0.2, 0.25) is 0 Å². The number of carbonyl (C=O) groups excluding carboxylic acids is 9. The molecular formula is C43H75N19O10. The van der Waals surface area contributed by atoms with Gasteiger partial charge in [0, 0.05) is 37.9 Å². The van der Waals surface area contributed by atoms with Gasteiger partial charge in [0.2, 0.25) is 35.4 Å². The van der Waals surface area contributed by atoms with Crippen molar-refractivity contribution in [2.45, 2.75) is 126 Å². The summed E-state index contributed by atoms with van der Waals surface area (Å²) in [5, 5.41) is 35.1. The van der Waals surface area contributed by atoms with E-state index in [1.807, 2.05) is 0 Å². The molecular weight excluding hydrogens is 943 g/mol. The molecule has 1 aliphatic heterocycles. The van der Waals surface area contributed by atoms with Gasteiger partial charge in [0.15, 0.2) is 5.96 Å². The molecule has 1 fully saturated rings. The van der Waals surface area contributed by atoms with Crippen LogP contribution in [0.1, 0.15) is 83.2 Å². The second-order valence-corrected chi connectivity index (χ2v) is 16.9.